The first-order valence-electron chi connectivity index (χ1n) is 9.67. The van der Waals surface area contributed by atoms with Gasteiger partial charge in [0.1, 0.15) is 5.54 Å². The Morgan fingerprint density at radius 3 is 2.13 bits per heavy atom. The lowest BCUT2D eigenvalue weighted by Gasteiger charge is -2.40. The molecule has 3 aliphatic heterocycles. The second kappa shape index (κ2) is 6.34. The van der Waals surface area contributed by atoms with Crippen molar-refractivity contribution in [3.8, 4) is 0 Å². The number of β-amino-alcohol motifs (C(OH)–C–C–N with tert-alkyl or cyclic N) is 1. The van der Waals surface area contributed by atoms with Crippen LogP contribution >= 0.6 is 0 Å². The Bertz CT molecular complexity index is 438. The molecule has 4 fully saturated rings. The molecule has 130 valence electrons. The highest BCUT2D eigenvalue weighted by atomic mass is 16.3. The predicted molar refractivity (Wildman–Crippen MR) is 89.2 cm³/mol. The van der Waals surface area contributed by atoms with Gasteiger partial charge in [0.15, 0.2) is 0 Å². The number of likely N-dealkylation sites (tertiary alicyclic amines) is 3. The Hall–Kier alpha value is -0.650. The van der Waals surface area contributed by atoms with Gasteiger partial charge >= 0.3 is 0 Å². The molecule has 0 spiro atoms. The van der Waals surface area contributed by atoms with Gasteiger partial charge in [0.2, 0.25) is 5.91 Å². The van der Waals surface area contributed by atoms with E-state index in [1.807, 2.05) is 4.90 Å². The van der Waals surface area contributed by atoms with Crippen molar-refractivity contribution in [2.45, 2.75) is 69.1 Å². The number of hydrogen-bond donors (Lipinski definition) is 1. The van der Waals surface area contributed by atoms with Crippen LogP contribution in [0.2, 0.25) is 0 Å². The molecule has 1 N–H and O–H groups in total. The molecular weight excluding hydrogens is 290 g/mol. The minimum absolute atomic E-state index is 0.165. The van der Waals surface area contributed by atoms with Gasteiger partial charge in [0.25, 0.3) is 0 Å². The zero-order chi connectivity index (χ0) is 15.9. The standard InChI is InChI=1S/C18H31N3O2/c22-16-14-20(13-15(16)19-9-3-4-10-19)17(23)18(7-1-2-8-18)21-11-5-6-12-21/h15-16,22H,1-14H2/t15-,16-/m0/s1. The van der Waals surface area contributed by atoms with E-state index in [4.69, 9.17) is 0 Å². The van der Waals surface area contributed by atoms with Crippen LogP contribution in [0.25, 0.3) is 0 Å². The molecular formula is C18H31N3O2. The fourth-order valence-corrected chi connectivity index (χ4v) is 5.43. The van der Waals surface area contributed by atoms with E-state index in [2.05, 4.69) is 9.80 Å². The lowest BCUT2D eigenvalue weighted by molar-refractivity contribution is -0.143. The summed E-state index contributed by atoms with van der Waals surface area (Å²) in [5.41, 5.74) is -0.240. The van der Waals surface area contributed by atoms with Gasteiger partial charge in [-0.15, -0.1) is 0 Å². The van der Waals surface area contributed by atoms with Crippen molar-refractivity contribution in [3.05, 3.63) is 0 Å². The summed E-state index contributed by atoms with van der Waals surface area (Å²) < 4.78 is 0. The van der Waals surface area contributed by atoms with Gasteiger partial charge in [0, 0.05) is 13.1 Å². The average Bonchev–Trinajstić information content (AvgIpc) is 3.31. The van der Waals surface area contributed by atoms with Gasteiger partial charge in [-0.05, 0) is 64.7 Å². The molecule has 3 heterocycles. The van der Waals surface area contributed by atoms with E-state index in [1.54, 1.807) is 0 Å². The van der Waals surface area contributed by atoms with E-state index >= 15 is 0 Å². The molecule has 4 aliphatic rings. The summed E-state index contributed by atoms with van der Waals surface area (Å²) in [7, 11) is 0. The van der Waals surface area contributed by atoms with Crippen molar-refractivity contribution in [1.82, 2.24) is 14.7 Å². The normalized spacial score (nSPS) is 35.4. The highest BCUT2D eigenvalue weighted by Crippen LogP contribution is 2.39. The van der Waals surface area contributed by atoms with Crippen molar-refractivity contribution < 1.29 is 9.90 Å². The largest absolute Gasteiger partial charge is 0.390 e. The molecule has 5 nitrogen and oxygen atoms in total. The third-order valence-corrected chi connectivity index (χ3v) is 6.70. The van der Waals surface area contributed by atoms with Crippen LogP contribution in [-0.2, 0) is 4.79 Å². The molecule has 0 bridgehead atoms. The number of nitrogens with zero attached hydrogens (tertiary/aromatic N) is 3. The maximum absolute atomic E-state index is 13.4. The van der Waals surface area contributed by atoms with E-state index in [1.165, 1.54) is 38.5 Å². The Morgan fingerprint density at radius 1 is 0.870 bits per heavy atom. The zero-order valence-corrected chi connectivity index (χ0v) is 14.3. The van der Waals surface area contributed by atoms with Crippen LogP contribution in [0.1, 0.15) is 51.4 Å². The fourth-order valence-electron chi connectivity index (χ4n) is 5.43. The van der Waals surface area contributed by atoms with Gasteiger partial charge in [-0.3, -0.25) is 14.6 Å². The minimum Gasteiger partial charge on any atom is -0.390 e. The number of aliphatic hydroxyl groups is 1. The quantitative estimate of drug-likeness (QED) is 0.844. The third kappa shape index (κ3) is 2.71. The van der Waals surface area contributed by atoms with Crippen molar-refractivity contribution in [3.63, 3.8) is 0 Å². The maximum Gasteiger partial charge on any atom is 0.243 e. The van der Waals surface area contributed by atoms with Crippen LogP contribution < -0.4 is 0 Å². The Balaban J connectivity index is 1.49. The highest BCUT2D eigenvalue weighted by molar-refractivity contribution is 5.87. The van der Waals surface area contributed by atoms with Crippen LogP contribution in [0.4, 0.5) is 0 Å². The van der Waals surface area contributed by atoms with Crippen LogP contribution in [0.5, 0.6) is 0 Å². The summed E-state index contributed by atoms with van der Waals surface area (Å²) >= 11 is 0. The first-order valence-corrected chi connectivity index (χ1v) is 9.67. The molecule has 1 aliphatic carbocycles. The van der Waals surface area contributed by atoms with Crippen LogP contribution in [0.3, 0.4) is 0 Å². The second-order valence-electron chi connectivity index (χ2n) is 8.02. The Kier molecular flexibility index (Phi) is 4.37. The molecule has 1 saturated carbocycles. The number of carbonyl (C=O) groups excluding carboxylic acids is 1. The summed E-state index contributed by atoms with van der Waals surface area (Å²) in [6, 6.07) is 0.165. The minimum atomic E-state index is -0.367. The molecule has 4 rings (SSSR count). The van der Waals surface area contributed by atoms with E-state index in [-0.39, 0.29) is 17.7 Å². The van der Waals surface area contributed by atoms with Crippen molar-refractivity contribution in [1.29, 1.82) is 0 Å². The topological polar surface area (TPSA) is 47.0 Å². The number of rotatable bonds is 3. The summed E-state index contributed by atoms with van der Waals surface area (Å²) in [4.78, 5) is 20.3. The summed E-state index contributed by atoms with van der Waals surface area (Å²) in [6.07, 6.45) is 8.95. The van der Waals surface area contributed by atoms with Crippen LogP contribution in [0, 0.1) is 0 Å². The van der Waals surface area contributed by atoms with Crippen molar-refractivity contribution in [2.24, 2.45) is 0 Å². The number of hydrogen-bond acceptors (Lipinski definition) is 4. The predicted octanol–water partition coefficient (Wildman–Crippen LogP) is 1.06. The van der Waals surface area contributed by atoms with E-state index < -0.39 is 0 Å². The first kappa shape index (κ1) is 15.9. The maximum atomic E-state index is 13.4. The molecule has 5 heteroatoms. The molecule has 0 unspecified atom stereocenters. The molecule has 0 aromatic heterocycles. The number of amides is 1. The Labute approximate surface area is 139 Å². The van der Waals surface area contributed by atoms with Crippen LogP contribution in [0.15, 0.2) is 0 Å². The SMILES string of the molecule is O=C(N1C[C@H](O)[C@@H](N2CCCC2)C1)C1(N2CCCC2)CCCC1. The van der Waals surface area contributed by atoms with Gasteiger partial charge in [-0.25, -0.2) is 0 Å². The van der Waals surface area contributed by atoms with Gasteiger partial charge in [0.05, 0.1) is 12.1 Å². The molecule has 1 amide bonds. The molecule has 3 saturated heterocycles. The van der Waals surface area contributed by atoms with E-state index in [0.717, 1.165) is 45.6 Å². The zero-order valence-electron chi connectivity index (χ0n) is 14.3. The second-order valence-corrected chi connectivity index (χ2v) is 8.02. The lowest BCUT2D eigenvalue weighted by atomic mass is 9.93. The fraction of sp³-hybridized carbons (Fsp3) is 0.944. The van der Waals surface area contributed by atoms with Crippen molar-refractivity contribution in [2.75, 3.05) is 39.3 Å². The molecule has 2 atom stereocenters. The molecule has 23 heavy (non-hydrogen) atoms. The highest BCUT2D eigenvalue weighted by Gasteiger charge is 2.51. The smallest absolute Gasteiger partial charge is 0.243 e. The van der Waals surface area contributed by atoms with Crippen molar-refractivity contribution >= 4 is 5.91 Å². The van der Waals surface area contributed by atoms with Gasteiger partial charge < -0.3 is 10.0 Å². The number of aliphatic hydroxyl groups excluding tert-OH is 1. The first-order chi connectivity index (χ1) is 11.2. The van der Waals surface area contributed by atoms with E-state index in [9.17, 15) is 9.90 Å². The summed E-state index contributed by atoms with van der Waals surface area (Å²) in [5.74, 6) is 0.317. The summed E-state index contributed by atoms with van der Waals surface area (Å²) in [6.45, 7) is 5.60. The monoisotopic (exact) mass is 321 g/mol. The van der Waals surface area contributed by atoms with Gasteiger partial charge in [-0.1, -0.05) is 12.8 Å². The average molecular weight is 321 g/mol. The van der Waals surface area contributed by atoms with Crippen LogP contribution in [-0.4, -0.2) is 82.7 Å². The molecule has 0 aromatic carbocycles. The third-order valence-electron chi connectivity index (χ3n) is 6.70. The number of carbonyl (C=O) groups is 1. The lowest BCUT2D eigenvalue weighted by Crippen LogP contribution is -2.57. The molecule has 0 radical (unpaired) electrons. The molecule has 0 aromatic rings. The summed E-state index contributed by atoms with van der Waals surface area (Å²) in [5, 5.41) is 10.5. The Morgan fingerprint density at radius 2 is 1.48 bits per heavy atom. The van der Waals surface area contributed by atoms with Gasteiger partial charge in [-0.2, -0.15) is 0 Å². The van der Waals surface area contributed by atoms with E-state index in [0.29, 0.717) is 12.5 Å².